The van der Waals surface area contributed by atoms with E-state index >= 15 is 0 Å². The minimum absolute atomic E-state index is 0.0279. The highest BCUT2D eigenvalue weighted by molar-refractivity contribution is 7.07. The summed E-state index contributed by atoms with van der Waals surface area (Å²) in [5.41, 5.74) is 3.51. The first kappa shape index (κ1) is 19.7. The molecule has 0 aliphatic carbocycles. The Labute approximate surface area is 159 Å². The van der Waals surface area contributed by atoms with Gasteiger partial charge in [0.2, 0.25) is 0 Å². The van der Waals surface area contributed by atoms with E-state index in [4.69, 9.17) is 10.00 Å². The molecule has 27 heavy (non-hydrogen) atoms. The fourth-order valence-electron chi connectivity index (χ4n) is 2.21. The van der Waals surface area contributed by atoms with Crippen molar-refractivity contribution in [1.82, 2.24) is 4.57 Å². The molecule has 0 amide bonds. The summed E-state index contributed by atoms with van der Waals surface area (Å²) in [6, 6.07) is 10.7. The van der Waals surface area contributed by atoms with Crippen LogP contribution in [-0.4, -0.2) is 17.1 Å². The van der Waals surface area contributed by atoms with Crippen LogP contribution in [0.5, 0.6) is 0 Å². The molecule has 2 rings (SSSR count). The van der Waals surface area contributed by atoms with Crippen molar-refractivity contribution in [3.63, 3.8) is 0 Å². The van der Waals surface area contributed by atoms with Gasteiger partial charge in [-0.25, -0.2) is 4.79 Å². The molecule has 0 N–H and O–H groups in total. The first-order valence-corrected chi connectivity index (χ1v) is 8.76. The van der Waals surface area contributed by atoms with Gasteiger partial charge in [-0.1, -0.05) is 30.5 Å². The maximum absolute atomic E-state index is 12.6. The molecule has 0 atom stereocenters. The van der Waals surface area contributed by atoms with Crippen molar-refractivity contribution in [2.45, 2.75) is 13.5 Å². The number of benzene rings is 1. The summed E-state index contributed by atoms with van der Waals surface area (Å²) in [6.45, 7) is 5.45. The number of carbonyl (C=O) groups is 1. The number of esters is 1. The second kappa shape index (κ2) is 9.17. The van der Waals surface area contributed by atoms with Crippen molar-refractivity contribution >= 4 is 34.7 Å². The number of rotatable bonds is 5. The van der Waals surface area contributed by atoms with Crippen molar-refractivity contribution in [3.05, 3.63) is 67.6 Å². The zero-order chi connectivity index (χ0) is 19.8. The molecule has 0 unspecified atom stereocenters. The highest BCUT2D eigenvalue weighted by atomic mass is 32.1. The Hall–Kier alpha value is -3.64. The van der Waals surface area contributed by atoms with Crippen LogP contribution in [0, 0.1) is 22.7 Å². The topological polar surface area (TPSA) is 95.9 Å². The van der Waals surface area contributed by atoms with Crippen LogP contribution in [0.3, 0.4) is 0 Å². The summed E-state index contributed by atoms with van der Waals surface area (Å²) in [4.78, 5) is 24.6. The predicted octanol–water partition coefficient (Wildman–Crippen LogP) is 1.30. The lowest BCUT2D eigenvalue weighted by molar-refractivity contribution is -0.135. The number of hydrogen-bond donors (Lipinski definition) is 0. The normalized spacial score (nSPS) is 10.8. The number of nitriles is 2. The summed E-state index contributed by atoms with van der Waals surface area (Å²) < 4.78 is 6.72. The number of thiazole rings is 1. The van der Waals surface area contributed by atoms with E-state index in [2.05, 4.69) is 12.3 Å². The summed E-state index contributed by atoms with van der Waals surface area (Å²) in [5, 5.41) is 18.3. The number of ether oxygens (including phenoxy) is 1. The van der Waals surface area contributed by atoms with Gasteiger partial charge in [0.1, 0.15) is 21.9 Å². The molecule has 7 heteroatoms. The standard InChI is InChI=1S/C20H15N3O3S/c1-3-10-26-20(25)16(13-22)19-23(4-2)18(24)17(27-19)9-8-14-6-5-7-15(11-14)12-21/h3,5-8,11H,1,4,10H2,2H3/b19-16-. The molecule has 0 fully saturated rings. The third-order valence-electron chi connectivity index (χ3n) is 3.45. The van der Waals surface area contributed by atoms with E-state index < -0.39 is 5.97 Å². The van der Waals surface area contributed by atoms with E-state index in [1.165, 1.54) is 10.6 Å². The Balaban J connectivity index is 2.70. The lowest BCUT2D eigenvalue weighted by atomic mass is 10.1. The van der Waals surface area contributed by atoms with Gasteiger partial charge in [-0.2, -0.15) is 10.5 Å². The van der Waals surface area contributed by atoms with Crippen LogP contribution < -0.4 is 14.8 Å². The van der Waals surface area contributed by atoms with Gasteiger partial charge in [0.25, 0.3) is 5.56 Å². The highest BCUT2D eigenvalue weighted by Crippen LogP contribution is 2.05. The minimum atomic E-state index is -0.807. The van der Waals surface area contributed by atoms with Crippen molar-refractivity contribution in [1.29, 1.82) is 10.5 Å². The Bertz CT molecular complexity index is 1180. The summed E-state index contributed by atoms with van der Waals surface area (Å²) in [7, 11) is 0. The molecular formula is C20H15N3O3S. The predicted molar refractivity (Wildman–Crippen MR) is 103 cm³/mol. The molecule has 0 bridgehead atoms. The molecule has 0 saturated carbocycles. The molecular weight excluding hydrogens is 362 g/mol. The van der Waals surface area contributed by atoms with Crippen LogP contribution in [0.15, 0.2) is 41.7 Å². The lowest BCUT2D eigenvalue weighted by Gasteiger charge is -2.00. The third-order valence-corrected chi connectivity index (χ3v) is 4.56. The molecule has 0 spiro atoms. The maximum Gasteiger partial charge on any atom is 0.352 e. The van der Waals surface area contributed by atoms with E-state index in [1.54, 1.807) is 37.3 Å². The average Bonchev–Trinajstić information content (AvgIpc) is 3.00. The number of nitrogens with zero attached hydrogens (tertiary/aromatic N) is 3. The Morgan fingerprint density at radius 1 is 1.41 bits per heavy atom. The van der Waals surface area contributed by atoms with Crippen LogP contribution >= 0.6 is 11.3 Å². The zero-order valence-electron chi connectivity index (χ0n) is 14.6. The van der Waals surface area contributed by atoms with Gasteiger partial charge < -0.3 is 4.74 Å². The van der Waals surface area contributed by atoms with Gasteiger partial charge in [0, 0.05) is 6.54 Å². The Kier molecular flexibility index (Phi) is 6.68. The van der Waals surface area contributed by atoms with Crippen LogP contribution in [-0.2, 0) is 16.1 Å². The first-order valence-electron chi connectivity index (χ1n) is 7.94. The molecule has 0 aliphatic rings. The van der Waals surface area contributed by atoms with E-state index in [0.29, 0.717) is 11.1 Å². The van der Waals surface area contributed by atoms with Gasteiger partial charge in [-0.3, -0.25) is 9.36 Å². The maximum atomic E-state index is 12.6. The third kappa shape index (κ3) is 4.50. The van der Waals surface area contributed by atoms with Gasteiger partial charge in [0.05, 0.1) is 11.6 Å². The molecule has 0 aliphatic heterocycles. The monoisotopic (exact) mass is 377 g/mol. The van der Waals surface area contributed by atoms with Crippen molar-refractivity contribution < 1.29 is 9.53 Å². The minimum Gasteiger partial charge on any atom is -0.457 e. The van der Waals surface area contributed by atoms with Crippen molar-refractivity contribution in [2.24, 2.45) is 0 Å². The molecule has 134 valence electrons. The van der Waals surface area contributed by atoms with Crippen LogP contribution in [0.4, 0.5) is 0 Å². The molecule has 6 nitrogen and oxygen atoms in total. The number of aromatic nitrogens is 1. The number of hydrogen-bond acceptors (Lipinski definition) is 6. The van der Waals surface area contributed by atoms with E-state index in [9.17, 15) is 14.9 Å². The summed E-state index contributed by atoms with van der Waals surface area (Å²) in [5.74, 6) is -0.807. The van der Waals surface area contributed by atoms with Crippen LogP contribution in [0.1, 0.15) is 18.1 Å². The van der Waals surface area contributed by atoms with E-state index in [0.717, 1.165) is 11.3 Å². The smallest absolute Gasteiger partial charge is 0.352 e. The summed E-state index contributed by atoms with van der Waals surface area (Å²) in [6.07, 6.45) is 2.98. The Morgan fingerprint density at radius 3 is 2.81 bits per heavy atom. The van der Waals surface area contributed by atoms with Gasteiger partial charge in [-0.05, 0) is 30.7 Å². The highest BCUT2D eigenvalue weighted by Gasteiger charge is 2.16. The van der Waals surface area contributed by atoms with Crippen LogP contribution in [0.2, 0.25) is 0 Å². The van der Waals surface area contributed by atoms with Crippen molar-refractivity contribution in [2.75, 3.05) is 6.61 Å². The summed E-state index contributed by atoms with van der Waals surface area (Å²) >= 11 is 0.991. The van der Waals surface area contributed by atoms with Gasteiger partial charge >= 0.3 is 5.97 Å². The zero-order valence-corrected chi connectivity index (χ0v) is 15.4. The second-order valence-electron chi connectivity index (χ2n) is 5.19. The van der Waals surface area contributed by atoms with E-state index in [-0.39, 0.29) is 33.5 Å². The molecule has 1 heterocycles. The SMILES string of the molecule is C=CCOC(=O)/C(C#N)=c1\sc(=C=Cc2cccc(C#N)c2)c(=O)n1CC. The fourth-order valence-corrected chi connectivity index (χ4v) is 3.27. The first-order chi connectivity index (χ1) is 13.0. The Morgan fingerprint density at radius 2 is 2.19 bits per heavy atom. The molecule has 2 aromatic rings. The van der Waals surface area contributed by atoms with Gasteiger partial charge in [-0.15, -0.1) is 11.3 Å². The quantitative estimate of drug-likeness (QED) is 0.578. The lowest BCUT2D eigenvalue weighted by Crippen LogP contribution is -2.32. The van der Waals surface area contributed by atoms with E-state index in [1.807, 2.05) is 12.1 Å². The molecule has 1 aromatic heterocycles. The fraction of sp³-hybridized carbons (Fsp3) is 0.150. The molecule has 0 saturated heterocycles. The average molecular weight is 377 g/mol. The van der Waals surface area contributed by atoms with Gasteiger partial charge in [0.15, 0.2) is 5.57 Å². The molecule has 0 radical (unpaired) electrons. The molecule has 1 aromatic carbocycles. The van der Waals surface area contributed by atoms with Crippen molar-refractivity contribution in [3.8, 4) is 12.1 Å². The van der Waals surface area contributed by atoms with Crippen LogP contribution in [0.25, 0.3) is 17.4 Å². The largest absolute Gasteiger partial charge is 0.457 e. The number of carbonyl (C=O) groups excluding carboxylic acids is 1. The second-order valence-corrected chi connectivity index (χ2v) is 6.18.